The minimum Gasteiger partial charge on any atom is -0.365 e. The Bertz CT molecular complexity index is 542. The summed E-state index contributed by atoms with van der Waals surface area (Å²) in [5.74, 6) is 0.0111. The third kappa shape index (κ3) is 2.92. The van der Waals surface area contributed by atoms with Crippen LogP contribution < -0.4 is 5.32 Å². The van der Waals surface area contributed by atoms with Gasteiger partial charge in [-0.2, -0.15) is 5.10 Å². The lowest BCUT2D eigenvalue weighted by Crippen LogP contribution is -2.44. The molecule has 1 N–H and O–H groups in total. The Hall–Kier alpha value is -1.89. The molecule has 0 aliphatic carbocycles. The van der Waals surface area contributed by atoms with E-state index in [9.17, 15) is 9.59 Å². The molecule has 2 aliphatic heterocycles. The fourth-order valence-electron chi connectivity index (χ4n) is 3.15. The van der Waals surface area contributed by atoms with E-state index in [2.05, 4.69) is 10.4 Å². The molecular formula is C14H20N4O3. The van der Waals surface area contributed by atoms with Crippen LogP contribution in [0, 0.1) is 0 Å². The van der Waals surface area contributed by atoms with E-state index in [1.54, 1.807) is 10.9 Å². The van der Waals surface area contributed by atoms with Crippen LogP contribution >= 0.6 is 0 Å². The Morgan fingerprint density at radius 2 is 2.29 bits per heavy atom. The van der Waals surface area contributed by atoms with E-state index in [-0.39, 0.29) is 30.5 Å². The van der Waals surface area contributed by atoms with Gasteiger partial charge in [0.25, 0.3) is 0 Å². The first-order valence-corrected chi connectivity index (χ1v) is 7.27. The van der Waals surface area contributed by atoms with Crippen LogP contribution in [0.5, 0.6) is 0 Å². The standard InChI is InChI=1S/C14H20N4O3/c1-17-12(4-5-16-17)8-21-9-14(20)18-10-2-3-11(18)7-15-13(19)6-10/h4-5,10-11H,2-3,6-9H2,1H3,(H,15,19). The van der Waals surface area contributed by atoms with Crippen molar-refractivity contribution in [2.75, 3.05) is 13.2 Å². The van der Waals surface area contributed by atoms with Gasteiger partial charge in [-0.15, -0.1) is 0 Å². The molecule has 2 unspecified atom stereocenters. The normalized spacial score (nSPS) is 24.8. The molecule has 7 nitrogen and oxygen atoms in total. The van der Waals surface area contributed by atoms with Gasteiger partial charge in [0.1, 0.15) is 6.61 Å². The van der Waals surface area contributed by atoms with E-state index >= 15 is 0 Å². The first-order valence-electron chi connectivity index (χ1n) is 7.27. The average Bonchev–Trinajstić information content (AvgIpc) is 2.98. The van der Waals surface area contributed by atoms with Crippen LogP contribution in [0.25, 0.3) is 0 Å². The maximum atomic E-state index is 12.4. The maximum Gasteiger partial charge on any atom is 0.249 e. The highest BCUT2D eigenvalue weighted by Crippen LogP contribution is 2.28. The molecule has 21 heavy (non-hydrogen) atoms. The Morgan fingerprint density at radius 3 is 3.05 bits per heavy atom. The Balaban J connectivity index is 1.55. The highest BCUT2D eigenvalue weighted by molar-refractivity contribution is 5.82. The number of nitrogens with zero attached hydrogens (tertiary/aromatic N) is 3. The van der Waals surface area contributed by atoms with Gasteiger partial charge in [-0.3, -0.25) is 14.3 Å². The van der Waals surface area contributed by atoms with Crippen LogP contribution in [0.15, 0.2) is 12.3 Å². The van der Waals surface area contributed by atoms with E-state index in [4.69, 9.17) is 4.74 Å². The smallest absolute Gasteiger partial charge is 0.249 e. The lowest BCUT2D eigenvalue weighted by atomic mass is 10.1. The van der Waals surface area contributed by atoms with Crippen LogP contribution in [0.1, 0.15) is 25.0 Å². The molecule has 114 valence electrons. The molecule has 2 atom stereocenters. The van der Waals surface area contributed by atoms with Gasteiger partial charge in [-0.25, -0.2) is 0 Å². The molecule has 2 bridgehead atoms. The van der Waals surface area contributed by atoms with E-state index in [1.165, 1.54) is 0 Å². The molecule has 2 aliphatic rings. The summed E-state index contributed by atoms with van der Waals surface area (Å²) in [7, 11) is 1.84. The molecule has 2 fully saturated rings. The second kappa shape index (κ2) is 5.85. The number of rotatable bonds is 4. The fourth-order valence-corrected chi connectivity index (χ4v) is 3.15. The van der Waals surface area contributed by atoms with Gasteiger partial charge in [0, 0.05) is 38.3 Å². The first-order chi connectivity index (χ1) is 10.1. The number of aromatic nitrogens is 2. The SMILES string of the molecule is Cn1nccc1COCC(=O)N1C2CCC1CC(=O)NC2. The third-order valence-corrected chi connectivity index (χ3v) is 4.26. The molecule has 0 spiro atoms. The lowest BCUT2D eigenvalue weighted by molar-refractivity contribution is -0.139. The number of aryl methyl sites for hydroxylation is 1. The van der Waals surface area contributed by atoms with Gasteiger partial charge >= 0.3 is 0 Å². The molecular weight excluding hydrogens is 272 g/mol. The van der Waals surface area contributed by atoms with Gasteiger partial charge in [0.05, 0.1) is 12.3 Å². The number of amides is 2. The van der Waals surface area contributed by atoms with Gasteiger partial charge in [-0.1, -0.05) is 0 Å². The molecule has 2 saturated heterocycles. The Morgan fingerprint density at radius 1 is 1.48 bits per heavy atom. The van der Waals surface area contributed by atoms with Gasteiger partial charge in [0.15, 0.2) is 0 Å². The van der Waals surface area contributed by atoms with Crippen LogP contribution in [0.4, 0.5) is 0 Å². The van der Waals surface area contributed by atoms with Crippen molar-refractivity contribution in [1.82, 2.24) is 20.0 Å². The fraction of sp³-hybridized carbons (Fsp3) is 0.643. The summed E-state index contributed by atoms with van der Waals surface area (Å²) in [5.41, 5.74) is 0.929. The second-order valence-corrected chi connectivity index (χ2v) is 5.63. The minimum atomic E-state index is -0.0267. The molecule has 7 heteroatoms. The van der Waals surface area contributed by atoms with Crippen molar-refractivity contribution in [3.8, 4) is 0 Å². The van der Waals surface area contributed by atoms with Gasteiger partial charge < -0.3 is 15.0 Å². The van der Waals surface area contributed by atoms with Gasteiger partial charge in [0.2, 0.25) is 11.8 Å². The predicted octanol–water partition coefficient (Wildman–Crippen LogP) is -0.184. The topological polar surface area (TPSA) is 76.5 Å². The summed E-state index contributed by atoms with van der Waals surface area (Å²) in [6.07, 6.45) is 3.97. The molecule has 0 radical (unpaired) electrons. The zero-order valence-corrected chi connectivity index (χ0v) is 12.1. The number of carbonyl (C=O) groups excluding carboxylic acids is 2. The van der Waals surface area contributed by atoms with Crippen molar-refractivity contribution in [1.29, 1.82) is 0 Å². The summed E-state index contributed by atoms with van der Waals surface area (Å²) in [6.45, 7) is 0.970. The zero-order chi connectivity index (χ0) is 14.8. The van der Waals surface area contributed by atoms with E-state index in [0.717, 1.165) is 18.5 Å². The quantitative estimate of drug-likeness (QED) is 0.835. The summed E-state index contributed by atoms with van der Waals surface area (Å²) in [4.78, 5) is 25.8. The van der Waals surface area contributed by atoms with Crippen molar-refractivity contribution in [2.24, 2.45) is 7.05 Å². The first kappa shape index (κ1) is 14.1. The minimum absolute atomic E-state index is 0.0267. The predicted molar refractivity (Wildman–Crippen MR) is 74.1 cm³/mol. The average molecular weight is 292 g/mol. The monoisotopic (exact) mass is 292 g/mol. The summed E-state index contributed by atoms with van der Waals surface area (Å²) in [6, 6.07) is 2.02. The highest BCUT2D eigenvalue weighted by atomic mass is 16.5. The van der Waals surface area contributed by atoms with Crippen molar-refractivity contribution in [2.45, 2.75) is 38.0 Å². The van der Waals surface area contributed by atoms with Crippen molar-refractivity contribution in [3.05, 3.63) is 18.0 Å². The molecule has 3 rings (SSSR count). The lowest BCUT2D eigenvalue weighted by Gasteiger charge is -2.27. The van der Waals surface area contributed by atoms with Crippen molar-refractivity contribution in [3.63, 3.8) is 0 Å². The highest BCUT2D eigenvalue weighted by Gasteiger charge is 2.39. The zero-order valence-electron chi connectivity index (χ0n) is 12.1. The number of fused-ring (bicyclic) bond motifs is 2. The Kier molecular flexibility index (Phi) is 3.92. The van der Waals surface area contributed by atoms with Crippen LogP contribution in [-0.4, -0.2) is 51.7 Å². The van der Waals surface area contributed by atoms with Crippen LogP contribution in [-0.2, 0) is 28.0 Å². The number of carbonyl (C=O) groups is 2. The molecule has 0 saturated carbocycles. The van der Waals surface area contributed by atoms with E-state index in [0.29, 0.717) is 19.6 Å². The second-order valence-electron chi connectivity index (χ2n) is 5.63. The largest absolute Gasteiger partial charge is 0.365 e. The molecule has 1 aromatic heterocycles. The number of hydrogen-bond donors (Lipinski definition) is 1. The summed E-state index contributed by atoms with van der Waals surface area (Å²) < 4.78 is 7.23. The summed E-state index contributed by atoms with van der Waals surface area (Å²) in [5, 5.41) is 6.92. The van der Waals surface area contributed by atoms with Crippen LogP contribution in [0.3, 0.4) is 0 Å². The summed E-state index contributed by atoms with van der Waals surface area (Å²) >= 11 is 0. The van der Waals surface area contributed by atoms with E-state index in [1.807, 2.05) is 18.0 Å². The van der Waals surface area contributed by atoms with Crippen molar-refractivity contribution >= 4 is 11.8 Å². The number of ether oxygens (including phenoxy) is 1. The Labute approximate surface area is 123 Å². The van der Waals surface area contributed by atoms with E-state index < -0.39 is 0 Å². The van der Waals surface area contributed by atoms with Crippen molar-refractivity contribution < 1.29 is 14.3 Å². The molecule has 2 amide bonds. The number of hydrogen-bond acceptors (Lipinski definition) is 4. The maximum absolute atomic E-state index is 12.4. The molecule has 0 aromatic carbocycles. The third-order valence-electron chi connectivity index (χ3n) is 4.26. The molecule has 3 heterocycles. The van der Waals surface area contributed by atoms with Gasteiger partial charge in [-0.05, 0) is 18.9 Å². The van der Waals surface area contributed by atoms with Crippen LogP contribution in [0.2, 0.25) is 0 Å². The molecule has 1 aromatic rings. The number of nitrogens with one attached hydrogen (secondary N) is 1.